The van der Waals surface area contributed by atoms with E-state index in [4.69, 9.17) is 11.6 Å². The average Bonchev–Trinajstić information content (AvgIpc) is 2.10. The van der Waals surface area contributed by atoms with Crippen molar-refractivity contribution < 1.29 is 5.11 Å². The predicted octanol–water partition coefficient (Wildman–Crippen LogP) is 3.85. The normalized spacial score (nSPS) is 13.0. The van der Waals surface area contributed by atoms with Crippen LogP contribution in [-0.2, 0) is 0 Å². The Bertz CT molecular complexity index is 312. The molecule has 0 spiro atoms. The fourth-order valence-electron chi connectivity index (χ4n) is 1.21. The van der Waals surface area contributed by atoms with Gasteiger partial charge in [-0.05, 0) is 31.0 Å². The van der Waals surface area contributed by atoms with E-state index in [9.17, 15) is 5.11 Å². The number of aliphatic hydroxyl groups is 1. The summed E-state index contributed by atoms with van der Waals surface area (Å²) in [4.78, 5) is 0. The van der Waals surface area contributed by atoms with Crippen molar-refractivity contribution in [3.63, 3.8) is 0 Å². The van der Waals surface area contributed by atoms with Gasteiger partial charge in [-0.25, -0.2) is 0 Å². The minimum Gasteiger partial charge on any atom is -0.388 e. The van der Waals surface area contributed by atoms with Gasteiger partial charge in [0.15, 0.2) is 0 Å². The van der Waals surface area contributed by atoms with Crippen molar-refractivity contribution in [1.82, 2.24) is 0 Å². The van der Waals surface area contributed by atoms with Crippen LogP contribution in [0.1, 0.15) is 30.6 Å². The first-order chi connectivity index (χ1) is 6.06. The Morgan fingerprint density at radius 1 is 1.54 bits per heavy atom. The van der Waals surface area contributed by atoms with Gasteiger partial charge in [-0.1, -0.05) is 34.5 Å². The molecule has 0 fully saturated rings. The third kappa shape index (κ3) is 2.46. The number of halogens is 2. The predicted molar refractivity (Wildman–Crippen MR) is 59.1 cm³/mol. The standard InChI is InChI=1S/C10H12BrClO/c1-3-9(13)8-5-7(11)4-6(2)10(8)12/h4-5,9,13H,3H2,1-2H3. The summed E-state index contributed by atoms with van der Waals surface area (Å²) in [5, 5.41) is 10.3. The van der Waals surface area contributed by atoms with Gasteiger partial charge in [0.1, 0.15) is 0 Å². The lowest BCUT2D eigenvalue weighted by molar-refractivity contribution is 0.173. The van der Waals surface area contributed by atoms with Crippen molar-refractivity contribution in [2.24, 2.45) is 0 Å². The molecular formula is C10H12BrClO. The Morgan fingerprint density at radius 2 is 2.15 bits per heavy atom. The van der Waals surface area contributed by atoms with Crippen LogP contribution in [0.3, 0.4) is 0 Å². The minimum atomic E-state index is -0.469. The highest BCUT2D eigenvalue weighted by Crippen LogP contribution is 2.31. The van der Waals surface area contributed by atoms with Crippen molar-refractivity contribution in [2.75, 3.05) is 0 Å². The Kier molecular flexibility index (Phi) is 3.77. The van der Waals surface area contributed by atoms with Crippen LogP contribution in [0.5, 0.6) is 0 Å². The second kappa shape index (κ2) is 4.45. The number of hydrogen-bond acceptors (Lipinski definition) is 1. The second-order valence-electron chi connectivity index (χ2n) is 3.05. The van der Waals surface area contributed by atoms with E-state index in [-0.39, 0.29) is 0 Å². The summed E-state index contributed by atoms with van der Waals surface area (Å²) >= 11 is 9.43. The maximum Gasteiger partial charge on any atom is 0.0802 e. The molecule has 1 N–H and O–H groups in total. The highest BCUT2D eigenvalue weighted by Gasteiger charge is 2.11. The zero-order chi connectivity index (χ0) is 10.0. The molecule has 0 aliphatic heterocycles. The molecule has 0 radical (unpaired) electrons. The maximum absolute atomic E-state index is 9.65. The van der Waals surface area contributed by atoms with E-state index in [0.717, 1.165) is 15.6 Å². The molecule has 3 heteroatoms. The molecule has 1 aromatic carbocycles. The zero-order valence-electron chi connectivity index (χ0n) is 7.64. The van der Waals surface area contributed by atoms with E-state index in [1.165, 1.54) is 0 Å². The zero-order valence-corrected chi connectivity index (χ0v) is 9.98. The van der Waals surface area contributed by atoms with Gasteiger partial charge in [-0.2, -0.15) is 0 Å². The molecule has 0 saturated heterocycles. The van der Waals surface area contributed by atoms with Gasteiger partial charge in [-0.15, -0.1) is 0 Å². The average molecular weight is 264 g/mol. The lowest BCUT2D eigenvalue weighted by Gasteiger charge is -2.12. The van der Waals surface area contributed by atoms with E-state index in [1.807, 2.05) is 26.0 Å². The molecule has 13 heavy (non-hydrogen) atoms. The summed E-state index contributed by atoms with van der Waals surface area (Å²) in [6.07, 6.45) is 0.207. The highest BCUT2D eigenvalue weighted by atomic mass is 79.9. The quantitative estimate of drug-likeness (QED) is 0.859. The molecule has 1 rings (SSSR count). The lowest BCUT2D eigenvalue weighted by atomic mass is 10.0. The van der Waals surface area contributed by atoms with Crippen molar-refractivity contribution in [3.8, 4) is 0 Å². The largest absolute Gasteiger partial charge is 0.388 e. The molecule has 0 bridgehead atoms. The summed E-state index contributed by atoms with van der Waals surface area (Å²) in [6, 6.07) is 3.80. The van der Waals surface area contributed by atoms with Crippen LogP contribution < -0.4 is 0 Å². The van der Waals surface area contributed by atoms with Crippen molar-refractivity contribution >= 4 is 27.5 Å². The van der Waals surface area contributed by atoms with Crippen LogP contribution in [0.15, 0.2) is 16.6 Å². The fourth-order valence-corrected chi connectivity index (χ4v) is 2.04. The van der Waals surface area contributed by atoms with E-state index in [0.29, 0.717) is 11.4 Å². The van der Waals surface area contributed by atoms with Crippen LogP contribution in [0.25, 0.3) is 0 Å². The Balaban J connectivity index is 3.20. The lowest BCUT2D eigenvalue weighted by Crippen LogP contribution is -1.97. The summed E-state index contributed by atoms with van der Waals surface area (Å²) in [6.45, 7) is 3.86. The topological polar surface area (TPSA) is 20.2 Å². The molecule has 1 atom stereocenters. The monoisotopic (exact) mass is 262 g/mol. The van der Waals surface area contributed by atoms with E-state index in [1.54, 1.807) is 0 Å². The number of benzene rings is 1. The third-order valence-corrected chi connectivity index (χ3v) is 2.97. The minimum absolute atomic E-state index is 0.469. The van der Waals surface area contributed by atoms with E-state index < -0.39 is 6.10 Å². The Hall–Kier alpha value is -0.0500. The first-order valence-corrected chi connectivity index (χ1v) is 5.37. The molecule has 1 unspecified atom stereocenters. The van der Waals surface area contributed by atoms with Gasteiger partial charge in [0, 0.05) is 15.1 Å². The van der Waals surface area contributed by atoms with Gasteiger partial charge in [0.2, 0.25) is 0 Å². The first kappa shape index (κ1) is 11.0. The van der Waals surface area contributed by atoms with Crippen LogP contribution in [-0.4, -0.2) is 5.11 Å². The van der Waals surface area contributed by atoms with Gasteiger partial charge < -0.3 is 5.11 Å². The first-order valence-electron chi connectivity index (χ1n) is 4.19. The maximum atomic E-state index is 9.65. The van der Waals surface area contributed by atoms with Crippen molar-refractivity contribution in [1.29, 1.82) is 0 Å². The number of aryl methyl sites for hydroxylation is 1. The highest BCUT2D eigenvalue weighted by molar-refractivity contribution is 9.10. The third-order valence-electron chi connectivity index (χ3n) is 1.99. The fraction of sp³-hybridized carbons (Fsp3) is 0.400. The summed E-state index contributed by atoms with van der Waals surface area (Å²) in [5.41, 5.74) is 1.79. The molecule has 72 valence electrons. The molecule has 1 nitrogen and oxygen atoms in total. The second-order valence-corrected chi connectivity index (χ2v) is 4.34. The van der Waals surface area contributed by atoms with Crippen LogP contribution in [0.2, 0.25) is 5.02 Å². The van der Waals surface area contributed by atoms with Gasteiger partial charge in [0.25, 0.3) is 0 Å². The Morgan fingerprint density at radius 3 is 2.69 bits per heavy atom. The van der Waals surface area contributed by atoms with Crippen molar-refractivity contribution in [3.05, 3.63) is 32.8 Å². The molecule has 0 saturated carbocycles. The van der Waals surface area contributed by atoms with Crippen LogP contribution in [0.4, 0.5) is 0 Å². The SMILES string of the molecule is CCC(O)c1cc(Br)cc(C)c1Cl. The summed E-state index contributed by atoms with van der Waals surface area (Å²) in [5.74, 6) is 0. The smallest absolute Gasteiger partial charge is 0.0802 e. The molecule has 0 aliphatic carbocycles. The number of hydrogen-bond donors (Lipinski definition) is 1. The van der Waals surface area contributed by atoms with Crippen molar-refractivity contribution in [2.45, 2.75) is 26.4 Å². The van der Waals surface area contributed by atoms with E-state index in [2.05, 4.69) is 15.9 Å². The van der Waals surface area contributed by atoms with Crippen LogP contribution in [0, 0.1) is 6.92 Å². The molecule has 0 aliphatic rings. The number of rotatable bonds is 2. The molecule has 0 heterocycles. The molecular weight excluding hydrogens is 251 g/mol. The Labute approximate surface area is 91.9 Å². The summed E-state index contributed by atoms with van der Waals surface area (Å²) < 4.78 is 0.955. The van der Waals surface area contributed by atoms with Crippen LogP contribution >= 0.6 is 27.5 Å². The van der Waals surface area contributed by atoms with Gasteiger partial charge >= 0.3 is 0 Å². The molecule has 0 amide bonds. The van der Waals surface area contributed by atoms with E-state index >= 15 is 0 Å². The molecule has 1 aromatic rings. The number of aliphatic hydroxyl groups excluding tert-OH is 1. The van der Waals surface area contributed by atoms with Gasteiger partial charge in [0.05, 0.1) is 6.10 Å². The summed E-state index contributed by atoms with van der Waals surface area (Å²) in [7, 11) is 0. The molecule has 0 aromatic heterocycles. The van der Waals surface area contributed by atoms with Gasteiger partial charge in [-0.3, -0.25) is 0 Å².